The van der Waals surface area contributed by atoms with E-state index < -0.39 is 0 Å². The van der Waals surface area contributed by atoms with Crippen LogP contribution in [0.15, 0.2) is 30.7 Å². The van der Waals surface area contributed by atoms with Crippen LogP contribution in [0, 0.1) is 5.92 Å². The molecule has 1 atom stereocenters. The fourth-order valence-electron chi connectivity index (χ4n) is 3.01. The van der Waals surface area contributed by atoms with Gasteiger partial charge < -0.3 is 14.0 Å². The lowest BCUT2D eigenvalue weighted by Crippen LogP contribution is -2.43. The van der Waals surface area contributed by atoms with Crippen LogP contribution >= 0.6 is 0 Å². The molecule has 0 N–H and O–H groups in total. The van der Waals surface area contributed by atoms with Crippen LogP contribution < -0.4 is 0 Å². The van der Waals surface area contributed by atoms with E-state index in [1.807, 2.05) is 37.0 Å². The van der Waals surface area contributed by atoms with Gasteiger partial charge in [-0.3, -0.25) is 9.59 Å². The average Bonchev–Trinajstić information content (AvgIpc) is 3.14. The Morgan fingerprint density at radius 3 is 2.68 bits per heavy atom. The van der Waals surface area contributed by atoms with Crippen molar-refractivity contribution in [1.29, 1.82) is 0 Å². The molecule has 2 aromatic heterocycles. The third-order valence-corrected chi connectivity index (χ3v) is 4.28. The van der Waals surface area contributed by atoms with Crippen LogP contribution in [-0.4, -0.2) is 43.8 Å². The zero-order valence-electron chi connectivity index (χ0n) is 12.9. The fourth-order valence-corrected chi connectivity index (χ4v) is 3.01. The topological polar surface area (TPSA) is 60.1 Å². The molecule has 0 bridgehead atoms. The monoisotopic (exact) mass is 300 g/mol. The summed E-state index contributed by atoms with van der Waals surface area (Å²) in [6, 6.07) is 3.67. The molecule has 0 spiro atoms. The van der Waals surface area contributed by atoms with Crippen LogP contribution in [0.2, 0.25) is 0 Å². The van der Waals surface area contributed by atoms with Crippen molar-refractivity contribution in [2.24, 2.45) is 20.0 Å². The summed E-state index contributed by atoms with van der Waals surface area (Å²) in [5.74, 6) is 0.318. The molecule has 6 nitrogen and oxygen atoms in total. The Balaban J connectivity index is 1.75. The molecule has 2 aromatic rings. The van der Waals surface area contributed by atoms with E-state index in [-0.39, 0.29) is 17.6 Å². The van der Waals surface area contributed by atoms with Crippen LogP contribution in [0.1, 0.15) is 33.9 Å². The Morgan fingerprint density at radius 2 is 2.05 bits per heavy atom. The molecule has 0 radical (unpaired) electrons. The lowest BCUT2D eigenvalue weighted by molar-refractivity contribution is 0.0625. The first-order valence-electron chi connectivity index (χ1n) is 7.50. The Morgan fingerprint density at radius 1 is 1.23 bits per heavy atom. The molecule has 0 aliphatic carbocycles. The number of nitrogens with zero attached hydrogens (tertiary/aromatic N) is 4. The second kappa shape index (κ2) is 5.79. The molecular weight excluding hydrogens is 280 g/mol. The maximum absolute atomic E-state index is 12.6. The number of likely N-dealkylation sites (tertiary alicyclic amines) is 1. The van der Waals surface area contributed by atoms with Gasteiger partial charge in [0.15, 0.2) is 5.82 Å². The molecule has 1 aliphatic heterocycles. The van der Waals surface area contributed by atoms with Gasteiger partial charge in [0.25, 0.3) is 5.91 Å². The predicted octanol–water partition coefficient (Wildman–Crippen LogP) is 1.49. The summed E-state index contributed by atoms with van der Waals surface area (Å²) < 4.78 is 3.55. The normalized spacial score (nSPS) is 18.5. The van der Waals surface area contributed by atoms with E-state index in [4.69, 9.17) is 0 Å². The molecule has 22 heavy (non-hydrogen) atoms. The highest BCUT2D eigenvalue weighted by Gasteiger charge is 2.31. The zero-order valence-corrected chi connectivity index (χ0v) is 12.9. The van der Waals surface area contributed by atoms with Gasteiger partial charge in [-0.25, -0.2) is 4.98 Å². The molecule has 1 unspecified atom stereocenters. The first-order chi connectivity index (χ1) is 10.6. The summed E-state index contributed by atoms with van der Waals surface area (Å²) in [4.78, 5) is 31.1. The van der Waals surface area contributed by atoms with Gasteiger partial charge in [-0.15, -0.1) is 0 Å². The number of rotatable bonds is 3. The minimum absolute atomic E-state index is 0.00941. The summed E-state index contributed by atoms with van der Waals surface area (Å²) in [6.07, 6.45) is 6.90. The van der Waals surface area contributed by atoms with Gasteiger partial charge in [0.05, 0.1) is 0 Å². The van der Waals surface area contributed by atoms with Crippen molar-refractivity contribution in [3.63, 3.8) is 0 Å². The number of aromatic nitrogens is 3. The summed E-state index contributed by atoms with van der Waals surface area (Å²) in [6.45, 7) is 1.17. The number of carbonyl (C=O) groups is 2. The Bertz CT molecular complexity index is 642. The highest BCUT2D eigenvalue weighted by molar-refractivity contribution is 5.96. The largest absolute Gasteiger partial charge is 0.347 e. The van der Waals surface area contributed by atoms with E-state index in [9.17, 15) is 9.59 Å². The SMILES string of the molecule is Cn1cccc1C(=O)N1CCCC(C(=O)c2nccn2C)C1. The number of amides is 1. The Kier molecular flexibility index (Phi) is 3.83. The van der Waals surface area contributed by atoms with Crippen LogP contribution in [0.5, 0.6) is 0 Å². The molecule has 0 saturated carbocycles. The van der Waals surface area contributed by atoms with Crippen LogP contribution in [0.3, 0.4) is 0 Å². The minimum Gasteiger partial charge on any atom is -0.347 e. The molecule has 1 saturated heterocycles. The number of hydrogen-bond donors (Lipinski definition) is 0. The lowest BCUT2D eigenvalue weighted by atomic mass is 9.93. The van der Waals surface area contributed by atoms with E-state index in [1.165, 1.54) is 0 Å². The summed E-state index contributed by atoms with van der Waals surface area (Å²) in [7, 11) is 3.67. The number of ketones is 1. The van der Waals surface area contributed by atoms with Crippen molar-refractivity contribution in [1.82, 2.24) is 19.0 Å². The molecule has 3 heterocycles. The number of aryl methyl sites for hydroxylation is 2. The maximum Gasteiger partial charge on any atom is 0.270 e. The van der Waals surface area contributed by atoms with Gasteiger partial charge >= 0.3 is 0 Å². The van der Waals surface area contributed by atoms with E-state index in [1.54, 1.807) is 21.9 Å². The second-order valence-electron chi connectivity index (χ2n) is 5.82. The molecule has 116 valence electrons. The predicted molar refractivity (Wildman–Crippen MR) is 81.6 cm³/mol. The molecule has 0 aromatic carbocycles. The number of imidazole rings is 1. The lowest BCUT2D eigenvalue weighted by Gasteiger charge is -2.32. The maximum atomic E-state index is 12.6. The van der Waals surface area contributed by atoms with Crippen molar-refractivity contribution in [3.8, 4) is 0 Å². The molecule has 1 fully saturated rings. The van der Waals surface area contributed by atoms with Crippen LogP contribution in [-0.2, 0) is 14.1 Å². The quantitative estimate of drug-likeness (QED) is 0.807. The highest BCUT2D eigenvalue weighted by Crippen LogP contribution is 2.21. The summed E-state index contributed by atoms with van der Waals surface area (Å²) >= 11 is 0. The van der Waals surface area contributed by atoms with E-state index in [0.29, 0.717) is 24.6 Å². The van der Waals surface area contributed by atoms with Gasteiger partial charge in [-0.2, -0.15) is 0 Å². The molecule has 1 aliphatic rings. The highest BCUT2D eigenvalue weighted by atomic mass is 16.2. The minimum atomic E-state index is -0.168. The Hall–Kier alpha value is -2.37. The smallest absolute Gasteiger partial charge is 0.270 e. The van der Waals surface area contributed by atoms with Gasteiger partial charge in [-0.05, 0) is 25.0 Å². The average molecular weight is 300 g/mol. The number of hydrogen-bond acceptors (Lipinski definition) is 3. The first kappa shape index (κ1) is 14.6. The third-order valence-electron chi connectivity index (χ3n) is 4.28. The molecule has 6 heteroatoms. The number of piperidine rings is 1. The van der Waals surface area contributed by atoms with Crippen molar-refractivity contribution < 1.29 is 9.59 Å². The zero-order chi connectivity index (χ0) is 15.7. The number of carbonyl (C=O) groups excluding carboxylic acids is 2. The van der Waals surface area contributed by atoms with E-state index in [2.05, 4.69) is 4.98 Å². The third kappa shape index (κ3) is 2.56. The van der Waals surface area contributed by atoms with Crippen molar-refractivity contribution in [2.45, 2.75) is 12.8 Å². The molecule has 1 amide bonds. The fraction of sp³-hybridized carbons (Fsp3) is 0.438. The van der Waals surface area contributed by atoms with Gasteiger partial charge in [0.1, 0.15) is 5.69 Å². The molecular formula is C16H20N4O2. The van der Waals surface area contributed by atoms with Crippen molar-refractivity contribution >= 4 is 11.7 Å². The Labute approximate surface area is 129 Å². The van der Waals surface area contributed by atoms with E-state index >= 15 is 0 Å². The van der Waals surface area contributed by atoms with Gasteiger partial charge in [-0.1, -0.05) is 0 Å². The van der Waals surface area contributed by atoms with Gasteiger partial charge in [0.2, 0.25) is 5.78 Å². The second-order valence-corrected chi connectivity index (χ2v) is 5.82. The summed E-state index contributed by atoms with van der Waals surface area (Å²) in [5, 5.41) is 0. The van der Waals surface area contributed by atoms with Crippen molar-refractivity contribution in [2.75, 3.05) is 13.1 Å². The number of Topliss-reactive ketones (excluding diaryl/α,β-unsaturated/α-hetero) is 1. The van der Waals surface area contributed by atoms with E-state index in [0.717, 1.165) is 12.8 Å². The van der Waals surface area contributed by atoms with Crippen LogP contribution in [0.25, 0.3) is 0 Å². The molecule has 3 rings (SSSR count). The standard InChI is InChI=1S/C16H20N4O2/c1-18-8-4-6-13(18)16(22)20-9-3-5-12(11-20)14(21)15-17-7-10-19(15)2/h4,6-8,10,12H,3,5,9,11H2,1-2H3. The van der Waals surface area contributed by atoms with Crippen molar-refractivity contribution in [3.05, 3.63) is 42.2 Å². The summed E-state index contributed by atoms with van der Waals surface area (Å²) in [5.41, 5.74) is 0.657. The van der Waals surface area contributed by atoms with Gasteiger partial charge in [0, 0.05) is 51.7 Å². The van der Waals surface area contributed by atoms with Crippen LogP contribution in [0.4, 0.5) is 0 Å². The first-order valence-corrected chi connectivity index (χ1v) is 7.50.